The monoisotopic (exact) mass is 222 g/mol. The molecular formula is C14H26N2. The number of hydrogen-bond acceptors (Lipinski definition) is 2. The molecule has 2 nitrogen and oxygen atoms in total. The van der Waals surface area contributed by atoms with Crippen molar-refractivity contribution in [3.63, 3.8) is 0 Å². The first-order chi connectivity index (χ1) is 7.84. The van der Waals surface area contributed by atoms with Crippen LogP contribution in [0.4, 0.5) is 0 Å². The fourth-order valence-electron chi connectivity index (χ4n) is 4.14. The highest BCUT2D eigenvalue weighted by Gasteiger charge is 2.39. The van der Waals surface area contributed by atoms with E-state index in [0.29, 0.717) is 0 Å². The fraction of sp³-hybridized carbons (Fsp3) is 1.00. The van der Waals surface area contributed by atoms with Crippen LogP contribution < -0.4 is 5.32 Å². The Morgan fingerprint density at radius 2 is 1.62 bits per heavy atom. The first-order valence-corrected chi connectivity index (χ1v) is 7.29. The molecule has 1 N–H and O–H groups in total. The molecule has 2 saturated heterocycles. The molecule has 2 heterocycles. The van der Waals surface area contributed by atoms with Gasteiger partial charge in [0.2, 0.25) is 0 Å². The lowest BCUT2D eigenvalue weighted by atomic mass is 9.84. The molecule has 1 aliphatic carbocycles. The lowest BCUT2D eigenvalue weighted by molar-refractivity contribution is 0.148. The molecule has 3 fully saturated rings. The number of hydrogen-bond donors (Lipinski definition) is 1. The Morgan fingerprint density at radius 1 is 1.00 bits per heavy atom. The Bertz CT molecular complexity index is 223. The van der Waals surface area contributed by atoms with Crippen molar-refractivity contribution in [3.05, 3.63) is 0 Å². The smallest absolute Gasteiger partial charge is 0.00954 e. The van der Waals surface area contributed by atoms with E-state index in [9.17, 15) is 0 Å². The van der Waals surface area contributed by atoms with Crippen molar-refractivity contribution in [1.82, 2.24) is 10.2 Å². The molecule has 0 aromatic rings. The van der Waals surface area contributed by atoms with Crippen molar-refractivity contribution in [1.29, 1.82) is 0 Å². The number of fused-ring (bicyclic) bond motifs is 1. The summed E-state index contributed by atoms with van der Waals surface area (Å²) in [7, 11) is 0. The normalized spacial score (nSPS) is 38.8. The van der Waals surface area contributed by atoms with Crippen LogP contribution in [0.5, 0.6) is 0 Å². The van der Waals surface area contributed by atoms with Gasteiger partial charge in [0.05, 0.1) is 0 Å². The summed E-state index contributed by atoms with van der Waals surface area (Å²) >= 11 is 0. The largest absolute Gasteiger partial charge is 0.316 e. The molecule has 0 aromatic heterocycles. The van der Waals surface area contributed by atoms with Gasteiger partial charge in [0, 0.05) is 19.1 Å². The SMILES string of the molecule is CC(C1CCCCC1)N1CC2CNCC2C1. The molecule has 1 saturated carbocycles. The highest BCUT2D eigenvalue weighted by Crippen LogP contribution is 2.34. The molecule has 3 rings (SSSR count). The number of rotatable bonds is 2. The van der Waals surface area contributed by atoms with Crippen LogP contribution in [0.1, 0.15) is 39.0 Å². The summed E-state index contributed by atoms with van der Waals surface area (Å²) in [5, 5.41) is 3.54. The van der Waals surface area contributed by atoms with E-state index in [1.165, 1.54) is 58.3 Å². The molecule has 3 unspecified atom stereocenters. The van der Waals surface area contributed by atoms with E-state index in [4.69, 9.17) is 0 Å². The number of nitrogens with one attached hydrogen (secondary N) is 1. The van der Waals surface area contributed by atoms with Gasteiger partial charge in [-0.05, 0) is 50.6 Å². The molecule has 92 valence electrons. The molecule has 0 aromatic carbocycles. The van der Waals surface area contributed by atoms with Crippen LogP contribution in [0.2, 0.25) is 0 Å². The quantitative estimate of drug-likeness (QED) is 0.770. The van der Waals surface area contributed by atoms with Gasteiger partial charge in [-0.2, -0.15) is 0 Å². The van der Waals surface area contributed by atoms with E-state index in [1.54, 1.807) is 0 Å². The number of nitrogens with zero attached hydrogens (tertiary/aromatic N) is 1. The maximum absolute atomic E-state index is 3.54. The summed E-state index contributed by atoms with van der Waals surface area (Å²) < 4.78 is 0. The van der Waals surface area contributed by atoms with Gasteiger partial charge in [0.25, 0.3) is 0 Å². The molecule has 2 aliphatic heterocycles. The van der Waals surface area contributed by atoms with E-state index in [1.807, 2.05) is 0 Å². The summed E-state index contributed by atoms with van der Waals surface area (Å²) in [5.74, 6) is 2.93. The van der Waals surface area contributed by atoms with Gasteiger partial charge in [-0.15, -0.1) is 0 Å². The first kappa shape index (κ1) is 11.0. The van der Waals surface area contributed by atoms with E-state index >= 15 is 0 Å². The van der Waals surface area contributed by atoms with Gasteiger partial charge in [-0.1, -0.05) is 19.3 Å². The molecular weight excluding hydrogens is 196 g/mol. The Kier molecular flexibility index (Phi) is 3.21. The van der Waals surface area contributed by atoms with Crippen molar-refractivity contribution in [2.75, 3.05) is 26.2 Å². The predicted octanol–water partition coefficient (Wildman–Crippen LogP) is 2.11. The second kappa shape index (κ2) is 4.66. The van der Waals surface area contributed by atoms with E-state index in [2.05, 4.69) is 17.1 Å². The summed E-state index contributed by atoms with van der Waals surface area (Å²) in [6.07, 6.45) is 7.43. The highest BCUT2D eigenvalue weighted by atomic mass is 15.2. The zero-order chi connectivity index (χ0) is 11.0. The molecule has 0 amide bonds. The average Bonchev–Trinajstić information content (AvgIpc) is 2.89. The fourth-order valence-corrected chi connectivity index (χ4v) is 4.14. The minimum atomic E-state index is 0.853. The van der Waals surface area contributed by atoms with Crippen molar-refractivity contribution in [2.45, 2.75) is 45.1 Å². The van der Waals surface area contributed by atoms with Gasteiger partial charge in [-0.25, -0.2) is 0 Å². The summed E-state index contributed by atoms with van der Waals surface area (Å²) in [6.45, 7) is 7.78. The van der Waals surface area contributed by atoms with Crippen molar-refractivity contribution >= 4 is 0 Å². The van der Waals surface area contributed by atoms with Crippen molar-refractivity contribution < 1.29 is 0 Å². The third-order valence-corrected chi connectivity index (χ3v) is 5.33. The third-order valence-electron chi connectivity index (χ3n) is 5.33. The molecule has 3 atom stereocenters. The van der Waals surface area contributed by atoms with Gasteiger partial charge in [0.15, 0.2) is 0 Å². The van der Waals surface area contributed by atoms with Crippen LogP contribution in [-0.2, 0) is 0 Å². The van der Waals surface area contributed by atoms with E-state index in [0.717, 1.165) is 23.8 Å². The van der Waals surface area contributed by atoms with E-state index < -0.39 is 0 Å². The Hall–Kier alpha value is -0.0800. The van der Waals surface area contributed by atoms with Crippen LogP contribution in [-0.4, -0.2) is 37.1 Å². The predicted molar refractivity (Wildman–Crippen MR) is 67.5 cm³/mol. The highest BCUT2D eigenvalue weighted by molar-refractivity contribution is 4.94. The van der Waals surface area contributed by atoms with Crippen LogP contribution in [0, 0.1) is 17.8 Å². The average molecular weight is 222 g/mol. The number of likely N-dealkylation sites (tertiary alicyclic amines) is 1. The topological polar surface area (TPSA) is 15.3 Å². The lowest BCUT2D eigenvalue weighted by Crippen LogP contribution is -2.39. The third kappa shape index (κ3) is 2.02. The molecule has 0 radical (unpaired) electrons. The molecule has 3 aliphatic rings. The van der Waals surface area contributed by atoms with Crippen molar-refractivity contribution in [3.8, 4) is 0 Å². The summed E-state index contributed by atoms with van der Waals surface area (Å²) in [5.41, 5.74) is 0. The lowest BCUT2D eigenvalue weighted by Gasteiger charge is -2.34. The van der Waals surface area contributed by atoms with Crippen LogP contribution in [0.15, 0.2) is 0 Å². The molecule has 0 spiro atoms. The van der Waals surface area contributed by atoms with Crippen LogP contribution in [0.25, 0.3) is 0 Å². The molecule has 0 bridgehead atoms. The van der Waals surface area contributed by atoms with Crippen molar-refractivity contribution in [2.24, 2.45) is 17.8 Å². The van der Waals surface area contributed by atoms with Gasteiger partial charge < -0.3 is 5.32 Å². The van der Waals surface area contributed by atoms with Crippen LogP contribution >= 0.6 is 0 Å². The van der Waals surface area contributed by atoms with E-state index in [-0.39, 0.29) is 0 Å². The zero-order valence-electron chi connectivity index (χ0n) is 10.6. The maximum atomic E-state index is 3.54. The van der Waals surface area contributed by atoms with Gasteiger partial charge in [0.1, 0.15) is 0 Å². The zero-order valence-corrected chi connectivity index (χ0v) is 10.6. The maximum Gasteiger partial charge on any atom is 0.00954 e. The molecule has 16 heavy (non-hydrogen) atoms. The summed E-state index contributed by atoms with van der Waals surface area (Å²) in [6, 6.07) is 0.853. The summed E-state index contributed by atoms with van der Waals surface area (Å²) in [4.78, 5) is 2.80. The second-order valence-electron chi connectivity index (χ2n) is 6.27. The van der Waals surface area contributed by atoms with Crippen LogP contribution in [0.3, 0.4) is 0 Å². The Morgan fingerprint density at radius 3 is 2.25 bits per heavy atom. The minimum Gasteiger partial charge on any atom is -0.316 e. The Labute approximate surface area is 99.8 Å². The van der Waals surface area contributed by atoms with Gasteiger partial charge >= 0.3 is 0 Å². The Balaban J connectivity index is 1.56. The minimum absolute atomic E-state index is 0.853. The standard InChI is InChI=1S/C14H26N2/c1-11(12-5-3-2-4-6-12)16-9-13-7-15-8-14(13)10-16/h11-15H,2-10H2,1H3. The second-order valence-corrected chi connectivity index (χ2v) is 6.27. The molecule has 2 heteroatoms. The first-order valence-electron chi connectivity index (χ1n) is 7.29. The van der Waals surface area contributed by atoms with Gasteiger partial charge in [-0.3, -0.25) is 4.90 Å².